The molecule has 4 rings (SSSR count). The smallest absolute Gasteiger partial charge is 0.261 e. The zero-order valence-corrected chi connectivity index (χ0v) is 18.6. The fourth-order valence-electron chi connectivity index (χ4n) is 2.98. The topological polar surface area (TPSA) is 72.7 Å². The van der Waals surface area contributed by atoms with Crippen molar-refractivity contribution in [1.29, 1.82) is 0 Å². The van der Waals surface area contributed by atoms with Gasteiger partial charge in [-0.1, -0.05) is 89.3 Å². The van der Waals surface area contributed by atoms with Crippen LogP contribution in [-0.2, 0) is 6.54 Å². The summed E-state index contributed by atoms with van der Waals surface area (Å²) in [5, 5.41) is 16.2. The van der Waals surface area contributed by atoms with Crippen LogP contribution < -0.4 is 5.32 Å². The van der Waals surface area contributed by atoms with Gasteiger partial charge >= 0.3 is 0 Å². The van der Waals surface area contributed by atoms with Gasteiger partial charge in [0.25, 0.3) is 5.91 Å². The predicted octanol–water partition coefficient (Wildman–Crippen LogP) is 5.29. The molecule has 8 heteroatoms. The van der Waals surface area contributed by atoms with Gasteiger partial charge in [-0.05, 0) is 12.5 Å². The molecule has 0 aliphatic heterocycles. The summed E-state index contributed by atoms with van der Waals surface area (Å²) in [4.78, 5) is 13.1. The van der Waals surface area contributed by atoms with Crippen LogP contribution in [0.5, 0.6) is 0 Å². The second-order valence-electron chi connectivity index (χ2n) is 6.87. The summed E-state index contributed by atoms with van der Waals surface area (Å²) in [5.41, 5.74) is 4.29. The van der Waals surface area contributed by atoms with Gasteiger partial charge in [-0.3, -0.25) is 14.8 Å². The summed E-state index contributed by atoms with van der Waals surface area (Å²) in [6, 6.07) is 18.0. The molecule has 1 amide bonds. The number of nitrogens with one attached hydrogen (secondary N) is 1. The van der Waals surface area contributed by atoms with Crippen molar-refractivity contribution < 1.29 is 4.79 Å². The van der Waals surface area contributed by atoms with E-state index in [1.165, 1.54) is 23.1 Å². The van der Waals surface area contributed by atoms with Gasteiger partial charge in [-0.2, -0.15) is 5.10 Å². The van der Waals surface area contributed by atoms with Crippen LogP contribution in [0.1, 0.15) is 21.5 Å². The Bertz CT molecular complexity index is 1180. The van der Waals surface area contributed by atoms with Gasteiger partial charge in [0.1, 0.15) is 5.69 Å². The number of aryl methyl sites for hydroxylation is 1. The Morgan fingerprint density at radius 3 is 2.68 bits per heavy atom. The minimum absolute atomic E-state index is 0.258. The van der Waals surface area contributed by atoms with E-state index in [0.29, 0.717) is 22.9 Å². The highest BCUT2D eigenvalue weighted by Gasteiger charge is 2.20. The lowest BCUT2D eigenvalue weighted by Crippen LogP contribution is -2.12. The molecule has 0 spiro atoms. The molecule has 6 nitrogen and oxygen atoms in total. The normalized spacial score (nSPS) is 10.7. The number of carbonyl (C=O) groups excluding carboxylic acids is 1. The number of amides is 1. The third kappa shape index (κ3) is 5.28. The van der Waals surface area contributed by atoms with Crippen LogP contribution in [0.4, 0.5) is 5.13 Å². The summed E-state index contributed by atoms with van der Waals surface area (Å²) in [5.74, 6) is 0.484. The highest BCUT2D eigenvalue weighted by Crippen LogP contribution is 2.27. The molecule has 2 heterocycles. The minimum Gasteiger partial charge on any atom is -0.296 e. The third-order valence-corrected chi connectivity index (χ3v) is 6.44. The summed E-state index contributed by atoms with van der Waals surface area (Å²) in [6.45, 7) is 6.31. The zero-order chi connectivity index (χ0) is 21.6. The van der Waals surface area contributed by atoms with Crippen LogP contribution in [0.2, 0.25) is 0 Å². The molecule has 1 N–H and O–H groups in total. The fourth-order valence-corrected chi connectivity index (χ4v) is 4.48. The Labute approximate surface area is 189 Å². The molecule has 0 aliphatic rings. The molecule has 0 bridgehead atoms. The molecular weight excluding hydrogens is 426 g/mol. The Morgan fingerprint density at radius 2 is 1.94 bits per heavy atom. The second-order valence-corrected chi connectivity index (χ2v) is 9.11. The van der Waals surface area contributed by atoms with Crippen LogP contribution in [0.15, 0.2) is 77.8 Å². The Morgan fingerprint density at radius 1 is 1.16 bits per heavy atom. The van der Waals surface area contributed by atoms with Crippen molar-refractivity contribution in [3.8, 4) is 11.3 Å². The summed E-state index contributed by atoms with van der Waals surface area (Å²) < 4.78 is 2.58. The lowest BCUT2D eigenvalue weighted by Gasteiger charge is -2.03. The number of thioether (sulfide) groups is 1. The SMILES string of the molecule is C=CCSc1nnc(NC(=O)c2cn(Cc3ccccc3)nc2-c2ccc(C)cc2)s1. The summed E-state index contributed by atoms with van der Waals surface area (Å²) >= 11 is 2.87. The van der Waals surface area contributed by atoms with Crippen LogP contribution in [-0.4, -0.2) is 31.6 Å². The molecule has 156 valence electrons. The van der Waals surface area contributed by atoms with Crippen molar-refractivity contribution in [1.82, 2.24) is 20.0 Å². The number of benzene rings is 2. The molecule has 4 aromatic rings. The van der Waals surface area contributed by atoms with Crippen molar-refractivity contribution in [2.75, 3.05) is 11.1 Å². The zero-order valence-electron chi connectivity index (χ0n) is 17.0. The molecule has 31 heavy (non-hydrogen) atoms. The molecule has 0 saturated heterocycles. The molecule has 0 fully saturated rings. The molecule has 0 aliphatic carbocycles. The van der Waals surface area contributed by atoms with Crippen LogP contribution in [0.25, 0.3) is 11.3 Å². The molecule has 2 aromatic carbocycles. The summed E-state index contributed by atoms with van der Waals surface area (Å²) in [6.07, 6.45) is 3.59. The van der Waals surface area contributed by atoms with Crippen molar-refractivity contribution in [2.45, 2.75) is 17.8 Å². The maximum absolute atomic E-state index is 13.1. The number of rotatable bonds is 8. The van der Waals surface area contributed by atoms with E-state index in [1.54, 1.807) is 17.0 Å². The van der Waals surface area contributed by atoms with Crippen molar-refractivity contribution in [2.24, 2.45) is 0 Å². The minimum atomic E-state index is -0.258. The Balaban J connectivity index is 1.62. The highest BCUT2D eigenvalue weighted by molar-refractivity contribution is 8.01. The summed E-state index contributed by atoms with van der Waals surface area (Å²) in [7, 11) is 0. The van der Waals surface area contributed by atoms with Crippen LogP contribution in [0, 0.1) is 6.92 Å². The van der Waals surface area contributed by atoms with Crippen LogP contribution in [0.3, 0.4) is 0 Å². The molecule has 0 atom stereocenters. The number of hydrogen-bond donors (Lipinski definition) is 1. The highest BCUT2D eigenvalue weighted by atomic mass is 32.2. The maximum Gasteiger partial charge on any atom is 0.261 e. The number of aromatic nitrogens is 4. The second kappa shape index (κ2) is 9.72. The number of hydrogen-bond acceptors (Lipinski definition) is 6. The van der Waals surface area contributed by atoms with E-state index in [4.69, 9.17) is 5.10 Å². The lowest BCUT2D eigenvalue weighted by atomic mass is 10.1. The van der Waals surface area contributed by atoms with E-state index in [1.807, 2.05) is 61.5 Å². The number of anilines is 1. The van der Waals surface area contributed by atoms with Gasteiger partial charge in [-0.15, -0.1) is 16.8 Å². The molecular formula is C23H21N5OS2. The van der Waals surface area contributed by atoms with E-state index in [0.717, 1.165) is 26.8 Å². The number of carbonyl (C=O) groups is 1. The van der Waals surface area contributed by atoms with E-state index >= 15 is 0 Å². The molecule has 0 unspecified atom stereocenters. The van der Waals surface area contributed by atoms with E-state index < -0.39 is 0 Å². The van der Waals surface area contributed by atoms with Gasteiger partial charge in [0, 0.05) is 17.5 Å². The van der Waals surface area contributed by atoms with Gasteiger partial charge in [0.05, 0.1) is 12.1 Å². The fraction of sp³-hybridized carbons (Fsp3) is 0.130. The quantitative estimate of drug-likeness (QED) is 0.226. The monoisotopic (exact) mass is 447 g/mol. The van der Waals surface area contributed by atoms with E-state index in [-0.39, 0.29) is 5.91 Å². The first kappa shape index (κ1) is 21.0. The lowest BCUT2D eigenvalue weighted by molar-refractivity contribution is 0.102. The van der Waals surface area contributed by atoms with Crippen molar-refractivity contribution in [3.05, 3.63) is 90.1 Å². The van der Waals surface area contributed by atoms with Crippen molar-refractivity contribution >= 4 is 34.1 Å². The maximum atomic E-state index is 13.1. The first-order valence-electron chi connectivity index (χ1n) is 9.69. The molecule has 2 aromatic heterocycles. The average Bonchev–Trinajstić information content (AvgIpc) is 3.40. The number of nitrogens with zero attached hydrogens (tertiary/aromatic N) is 4. The first-order chi connectivity index (χ1) is 15.1. The van der Waals surface area contributed by atoms with Gasteiger partial charge in [0.2, 0.25) is 5.13 Å². The van der Waals surface area contributed by atoms with E-state index in [2.05, 4.69) is 22.1 Å². The predicted molar refractivity (Wildman–Crippen MR) is 127 cm³/mol. The van der Waals surface area contributed by atoms with E-state index in [9.17, 15) is 4.79 Å². The average molecular weight is 448 g/mol. The van der Waals surface area contributed by atoms with Gasteiger partial charge in [-0.25, -0.2) is 0 Å². The standard InChI is InChI=1S/C23H21N5OS2/c1-3-13-30-23-26-25-22(31-23)24-21(29)19-15-28(14-17-7-5-4-6-8-17)27-20(19)18-11-9-16(2)10-12-18/h3-12,15H,1,13-14H2,2H3,(H,24,25,29). The third-order valence-electron chi connectivity index (χ3n) is 4.47. The van der Waals surface area contributed by atoms with Gasteiger partial charge in [0.15, 0.2) is 4.34 Å². The largest absolute Gasteiger partial charge is 0.296 e. The van der Waals surface area contributed by atoms with Crippen molar-refractivity contribution in [3.63, 3.8) is 0 Å². The first-order valence-corrected chi connectivity index (χ1v) is 11.5. The molecule has 0 radical (unpaired) electrons. The molecule has 0 saturated carbocycles. The van der Waals surface area contributed by atoms with Crippen LogP contribution >= 0.6 is 23.1 Å². The van der Waals surface area contributed by atoms with Gasteiger partial charge < -0.3 is 0 Å². The Hall–Kier alpha value is -3.23. The Kier molecular flexibility index (Phi) is 6.59.